The van der Waals surface area contributed by atoms with Crippen molar-refractivity contribution in [3.8, 4) is 0 Å². The van der Waals surface area contributed by atoms with Gasteiger partial charge in [0.05, 0.1) is 47.4 Å². The SMILES string of the molecule is CNC(c1cnccn1)c1c(Br)cnn1CCOC. The van der Waals surface area contributed by atoms with Crippen LogP contribution in [0.15, 0.2) is 29.3 Å². The Labute approximate surface area is 120 Å². The van der Waals surface area contributed by atoms with Gasteiger partial charge < -0.3 is 10.1 Å². The van der Waals surface area contributed by atoms with Crippen molar-refractivity contribution in [2.75, 3.05) is 20.8 Å². The molecule has 19 heavy (non-hydrogen) atoms. The van der Waals surface area contributed by atoms with Crippen LogP contribution in [0.2, 0.25) is 0 Å². The van der Waals surface area contributed by atoms with E-state index < -0.39 is 0 Å². The number of rotatable bonds is 6. The third-order valence-corrected chi connectivity index (χ3v) is 3.39. The van der Waals surface area contributed by atoms with E-state index in [0.717, 1.165) is 15.9 Å². The van der Waals surface area contributed by atoms with E-state index in [2.05, 4.69) is 36.3 Å². The molecule has 2 heterocycles. The molecular formula is C12H16BrN5O. The molecule has 0 fully saturated rings. The maximum Gasteiger partial charge on any atom is 0.0946 e. The van der Waals surface area contributed by atoms with Crippen molar-refractivity contribution in [3.05, 3.63) is 40.6 Å². The summed E-state index contributed by atoms with van der Waals surface area (Å²) in [5.74, 6) is 0. The van der Waals surface area contributed by atoms with Gasteiger partial charge in [0.15, 0.2) is 0 Å². The fourth-order valence-electron chi connectivity index (χ4n) is 1.90. The van der Waals surface area contributed by atoms with E-state index in [1.54, 1.807) is 31.9 Å². The molecule has 0 aromatic carbocycles. The zero-order chi connectivity index (χ0) is 13.7. The van der Waals surface area contributed by atoms with Crippen LogP contribution in [0.1, 0.15) is 17.4 Å². The number of hydrogen-bond acceptors (Lipinski definition) is 5. The van der Waals surface area contributed by atoms with Crippen LogP contribution >= 0.6 is 15.9 Å². The van der Waals surface area contributed by atoms with Crippen LogP contribution in [0, 0.1) is 0 Å². The molecule has 7 heteroatoms. The predicted molar refractivity (Wildman–Crippen MR) is 74.7 cm³/mol. The van der Waals surface area contributed by atoms with Crippen molar-refractivity contribution in [2.24, 2.45) is 0 Å². The van der Waals surface area contributed by atoms with Crippen molar-refractivity contribution < 1.29 is 4.74 Å². The number of halogens is 1. The summed E-state index contributed by atoms with van der Waals surface area (Å²) < 4.78 is 7.95. The topological polar surface area (TPSA) is 64.9 Å². The molecule has 1 N–H and O–H groups in total. The van der Waals surface area contributed by atoms with Crippen LogP contribution in [-0.2, 0) is 11.3 Å². The minimum atomic E-state index is -0.0672. The molecule has 0 saturated carbocycles. The zero-order valence-corrected chi connectivity index (χ0v) is 12.5. The van der Waals surface area contributed by atoms with Gasteiger partial charge in [0.1, 0.15) is 0 Å². The van der Waals surface area contributed by atoms with Crippen molar-refractivity contribution in [2.45, 2.75) is 12.6 Å². The van der Waals surface area contributed by atoms with Gasteiger partial charge in [-0.25, -0.2) is 0 Å². The van der Waals surface area contributed by atoms with E-state index in [-0.39, 0.29) is 6.04 Å². The van der Waals surface area contributed by atoms with Crippen LogP contribution in [0.25, 0.3) is 0 Å². The Morgan fingerprint density at radius 2 is 2.26 bits per heavy atom. The summed E-state index contributed by atoms with van der Waals surface area (Å²) in [6.07, 6.45) is 6.88. The van der Waals surface area contributed by atoms with Crippen molar-refractivity contribution in [1.29, 1.82) is 0 Å². The maximum absolute atomic E-state index is 5.10. The smallest absolute Gasteiger partial charge is 0.0946 e. The van der Waals surface area contributed by atoms with E-state index in [9.17, 15) is 0 Å². The van der Waals surface area contributed by atoms with Gasteiger partial charge in [-0.05, 0) is 23.0 Å². The van der Waals surface area contributed by atoms with Gasteiger partial charge in [-0.3, -0.25) is 14.6 Å². The van der Waals surface area contributed by atoms with Crippen molar-refractivity contribution >= 4 is 15.9 Å². The highest BCUT2D eigenvalue weighted by atomic mass is 79.9. The number of nitrogens with zero attached hydrogens (tertiary/aromatic N) is 4. The first kappa shape index (κ1) is 14.1. The lowest BCUT2D eigenvalue weighted by molar-refractivity contribution is 0.182. The molecule has 0 radical (unpaired) electrons. The Morgan fingerprint density at radius 1 is 1.42 bits per heavy atom. The van der Waals surface area contributed by atoms with Gasteiger partial charge in [-0.15, -0.1) is 0 Å². The molecule has 0 aliphatic heterocycles. The summed E-state index contributed by atoms with van der Waals surface area (Å²) in [7, 11) is 3.57. The molecular weight excluding hydrogens is 310 g/mol. The summed E-state index contributed by atoms with van der Waals surface area (Å²) in [6, 6.07) is -0.0672. The normalized spacial score (nSPS) is 12.6. The molecule has 0 spiro atoms. The fourth-order valence-corrected chi connectivity index (χ4v) is 2.42. The van der Waals surface area contributed by atoms with Crippen molar-refractivity contribution in [3.63, 3.8) is 0 Å². The first-order valence-corrected chi connectivity index (χ1v) is 6.70. The highest BCUT2D eigenvalue weighted by molar-refractivity contribution is 9.10. The molecule has 0 aliphatic rings. The summed E-state index contributed by atoms with van der Waals surface area (Å²) in [6.45, 7) is 1.30. The number of aromatic nitrogens is 4. The zero-order valence-electron chi connectivity index (χ0n) is 10.9. The summed E-state index contributed by atoms with van der Waals surface area (Å²) in [5, 5.41) is 7.59. The molecule has 2 rings (SSSR count). The molecule has 2 aromatic rings. The summed E-state index contributed by atoms with van der Waals surface area (Å²) in [5.41, 5.74) is 1.87. The Bertz CT molecular complexity index is 516. The highest BCUT2D eigenvalue weighted by Gasteiger charge is 2.21. The average Bonchev–Trinajstić information content (AvgIpc) is 2.80. The average molecular weight is 326 g/mol. The van der Waals surface area contributed by atoms with Crippen molar-refractivity contribution in [1.82, 2.24) is 25.1 Å². The largest absolute Gasteiger partial charge is 0.383 e. The van der Waals surface area contributed by atoms with Crippen LogP contribution in [0.5, 0.6) is 0 Å². The second-order valence-corrected chi connectivity index (χ2v) is 4.80. The van der Waals surface area contributed by atoms with E-state index >= 15 is 0 Å². The lowest BCUT2D eigenvalue weighted by Crippen LogP contribution is -2.24. The Morgan fingerprint density at radius 3 is 2.89 bits per heavy atom. The van der Waals surface area contributed by atoms with E-state index in [1.165, 1.54) is 0 Å². The van der Waals surface area contributed by atoms with E-state index in [4.69, 9.17) is 4.74 Å². The van der Waals surface area contributed by atoms with Gasteiger partial charge in [-0.2, -0.15) is 5.10 Å². The lowest BCUT2D eigenvalue weighted by atomic mass is 10.1. The monoisotopic (exact) mass is 325 g/mol. The molecule has 0 bridgehead atoms. The van der Waals surface area contributed by atoms with Gasteiger partial charge in [0.2, 0.25) is 0 Å². The predicted octanol–water partition coefficient (Wildman–Crippen LogP) is 1.39. The fraction of sp³-hybridized carbons (Fsp3) is 0.417. The van der Waals surface area contributed by atoms with E-state index in [1.807, 2.05) is 11.7 Å². The number of nitrogens with one attached hydrogen (secondary N) is 1. The van der Waals surface area contributed by atoms with Crippen LogP contribution in [-0.4, -0.2) is 40.5 Å². The Balaban J connectivity index is 2.35. The Kier molecular flexibility index (Phi) is 5.00. The quantitative estimate of drug-likeness (QED) is 0.869. The number of methoxy groups -OCH3 is 1. The first-order chi connectivity index (χ1) is 9.27. The highest BCUT2D eigenvalue weighted by Crippen LogP contribution is 2.26. The second-order valence-electron chi connectivity index (χ2n) is 3.95. The minimum Gasteiger partial charge on any atom is -0.383 e. The summed E-state index contributed by atoms with van der Waals surface area (Å²) in [4.78, 5) is 8.46. The van der Waals surface area contributed by atoms with Gasteiger partial charge in [-0.1, -0.05) is 0 Å². The molecule has 102 valence electrons. The third-order valence-electron chi connectivity index (χ3n) is 2.78. The molecule has 6 nitrogen and oxygen atoms in total. The molecule has 2 aromatic heterocycles. The first-order valence-electron chi connectivity index (χ1n) is 5.91. The molecule has 1 unspecified atom stereocenters. The Hall–Kier alpha value is -1.31. The second kappa shape index (κ2) is 6.74. The summed E-state index contributed by atoms with van der Waals surface area (Å²) >= 11 is 3.54. The maximum atomic E-state index is 5.10. The van der Waals surface area contributed by atoms with Gasteiger partial charge in [0.25, 0.3) is 0 Å². The molecule has 0 saturated heterocycles. The molecule has 1 atom stereocenters. The van der Waals surface area contributed by atoms with Gasteiger partial charge in [0, 0.05) is 19.5 Å². The minimum absolute atomic E-state index is 0.0672. The molecule has 0 amide bonds. The lowest BCUT2D eigenvalue weighted by Gasteiger charge is -2.18. The van der Waals surface area contributed by atoms with Crippen LogP contribution in [0.3, 0.4) is 0 Å². The number of hydrogen-bond donors (Lipinski definition) is 1. The van der Waals surface area contributed by atoms with Gasteiger partial charge >= 0.3 is 0 Å². The van der Waals surface area contributed by atoms with Crippen LogP contribution < -0.4 is 5.32 Å². The van der Waals surface area contributed by atoms with E-state index in [0.29, 0.717) is 13.2 Å². The standard InChI is InChI=1S/C12H16BrN5O/c1-14-11(10-8-15-3-4-16-10)12-9(13)7-17-18(12)5-6-19-2/h3-4,7-8,11,14H,5-6H2,1-2H3. The molecule has 0 aliphatic carbocycles. The number of ether oxygens (including phenoxy) is 1. The third kappa shape index (κ3) is 3.17. The van der Waals surface area contributed by atoms with Crippen LogP contribution in [0.4, 0.5) is 0 Å².